The van der Waals surface area contributed by atoms with Gasteiger partial charge in [-0.3, -0.25) is 9.78 Å². The van der Waals surface area contributed by atoms with Gasteiger partial charge in [0.15, 0.2) is 0 Å². The number of nitrogens with zero attached hydrogens (tertiary/aromatic N) is 3. The molecule has 2 aromatic rings. The maximum Gasteiger partial charge on any atom is 0.433 e. The van der Waals surface area contributed by atoms with Crippen LogP contribution in [0.2, 0.25) is 0 Å². The van der Waals surface area contributed by atoms with E-state index in [0.717, 1.165) is 29.7 Å². The Hall–Kier alpha value is -2.68. The van der Waals surface area contributed by atoms with Gasteiger partial charge in [0.25, 0.3) is 5.91 Å². The van der Waals surface area contributed by atoms with Crippen LogP contribution < -0.4 is 10.2 Å². The van der Waals surface area contributed by atoms with Crippen molar-refractivity contribution < 1.29 is 22.7 Å². The first-order valence-electron chi connectivity index (χ1n) is 8.03. The van der Waals surface area contributed by atoms with Gasteiger partial charge in [-0.2, -0.15) is 13.2 Å². The highest BCUT2D eigenvalue weighted by molar-refractivity contribution is 5.93. The Morgan fingerprint density at radius 1 is 1.19 bits per heavy atom. The summed E-state index contributed by atoms with van der Waals surface area (Å²) in [7, 11) is 0. The first kappa shape index (κ1) is 18.1. The van der Waals surface area contributed by atoms with Crippen molar-refractivity contribution in [2.75, 3.05) is 31.2 Å². The van der Waals surface area contributed by atoms with E-state index in [2.05, 4.69) is 20.2 Å². The summed E-state index contributed by atoms with van der Waals surface area (Å²) < 4.78 is 42.9. The highest BCUT2D eigenvalue weighted by Gasteiger charge is 2.32. The quantitative estimate of drug-likeness (QED) is 0.899. The van der Waals surface area contributed by atoms with Crippen LogP contribution in [0.1, 0.15) is 21.6 Å². The molecule has 3 rings (SSSR count). The molecule has 0 radical (unpaired) electrons. The number of ether oxygens (including phenoxy) is 1. The van der Waals surface area contributed by atoms with Crippen LogP contribution in [-0.4, -0.2) is 42.2 Å². The first-order valence-corrected chi connectivity index (χ1v) is 8.03. The van der Waals surface area contributed by atoms with Crippen LogP contribution in [0, 0.1) is 0 Å². The lowest BCUT2D eigenvalue weighted by atomic mass is 10.2. The molecule has 0 aromatic carbocycles. The van der Waals surface area contributed by atoms with Crippen molar-refractivity contribution in [3.05, 3.63) is 53.5 Å². The summed E-state index contributed by atoms with van der Waals surface area (Å²) in [5, 5.41) is 2.69. The molecule has 1 saturated heterocycles. The number of nitrogens with one attached hydrogen (secondary N) is 1. The van der Waals surface area contributed by atoms with E-state index in [1.807, 2.05) is 6.07 Å². The molecule has 1 aliphatic rings. The summed E-state index contributed by atoms with van der Waals surface area (Å²) in [6.45, 7) is 2.85. The normalized spacial score (nSPS) is 15.0. The number of hydrogen-bond acceptors (Lipinski definition) is 5. The van der Waals surface area contributed by atoms with Crippen LogP contribution in [0.25, 0.3) is 0 Å². The second-order valence-corrected chi connectivity index (χ2v) is 5.70. The molecule has 1 fully saturated rings. The summed E-state index contributed by atoms with van der Waals surface area (Å²) in [6.07, 6.45) is -1.93. The monoisotopic (exact) mass is 366 g/mol. The number of rotatable bonds is 4. The lowest BCUT2D eigenvalue weighted by Gasteiger charge is -2.29. The molecule has 3 heterocycles. The molecule has 0 atom stereocenters. The number of aromatic nitrogens is 2. The minimum atomic E-state index is -4.53. The molecule has 0 bridgehead atoms. The zero-order chi connectivity index (χ0) is 18.6. The molecule has 0 saturated carbocycles. The van der Waals surface area contributed by atoms with E-state index >= 15 is 0 Å². The largest absolute Gasteiger partial charge is 0.433 e. The summed E-state index contributed by atoms with van der Waals surface area (Å²) in [6, 6.07) is 5.52. The maximum atomic E-state index is 12.5. The number of pyridine rings is 2. The third-order valence-electron chi connectivity index (χ3n) is 3.93. The van der Waals surface area contributed by atoms with E-state index in [9.17, 15) is 18.0 Å². The highest BCUT2D eigenvalue weighted by atomic mass is 19.4. The number of morpholine rings is 1. The summed E-state index contributed by atoms with van der Waals surface area (Å²) in [4.78, 5) is 21.9. The number of carbonyl (C=O) groups excluding carboxylic acids is 1. The van der Waals surface area contributed by atoms with Gasteiger partial charge in [-0.1, -0.05) is 6.07 Å². The molecule has 1 amide bonds. The van der Waals surface area contributed by atoms with Crippen molar-refractivity contribution in [3.8, 4) is 0 Å². The Balaban J connectivity index is 1.66. The Kier molecular flexibility index (Phi) is 5.36. The van der Waals surface area contributed by atoms with Crippen molar-refractivity contribution in [3.63, 3.8) is 0 Å². The summed E-state index contributed by atoms with van der Waals surface area (Å²) >= 11 is 0. The molecule has 0 spiro atoms. The lowest BCUT2D eigenvalue weighted by Crippen LogP contribution is -2.37. The molecule has 26 heavy (non-hydrogen) atoms. The number of halogens is 3. The van der Waals surface area contributed by atoms with Crippen LogP contribution in [0.3, 0.4) is 0 Å². The Labute approximate surface area is 148 Å². The molecular formula is C17H17F3N4O2. The van der Waals surface area contributed by atoms with Crippen LogP contribution in [-0.2, 0) is 17.5 Å². The van der Waals surface area contributed by atoms with Crippen LogP contribution in [0.15, 0.2) is 36.7 Å². The Morgan fingerprint density at radius 2 is 1.96 bits per heavy atom. The summed E-state index contributed by atoms with van der Waals surface area (Å²) in [5.41, 5.74) is -0.145. The average molecular weight is 366 g/mol. The van der Waals surface area contributed by atoms with E-state index in [1.54, 1.807) is 12.3 Å². The van der Waals surface area contributed by atoms with Crippen molar-refractivity contribution in [2.45, 2.75) is 12.7 Å². The highest BCUT2D eigenvalue weighted by Crippen LogP contribution is 2.27. The van der Waals surface area contributed by atoms with E-state index in [4.69, 9.17) is 4.74 Å². The molecular weight excluding hydrogens is 349 g/mol. The van der Waals surface area contributed by atoms with Crippen molar-refractivity contribution >= 4 is 11.7 Å². The number of hydrogen-bond donors (Lipinski definition) is 1. The molecule has 1 N–H and O–H groups in total. The topological polar surface area (TPSA) is 67.4 Å². The number of anilines is 1. The average Bonchev–Trinajstić information content (AvgIpc) is 2.66. The molecule has 1 aliphatic heterocycles. The SMILES string of the molecule is O=C(NCc1cccnc1N1CCOCC1)c1ccc(C(F)(F)F)nc1. The van der Waals surface area contributed by atoms with E-state index < -0.39 is 17.8 Å². The smallest absolute Gasteiger partial charge is 0.378 e. The zero-order valence-corrected chi connectivity index (χ0v) is 13.8. The van der Waals surface area contributed by atoms with Crippen molar-refractivity contribution in [1.29, 1.82) is 0 Å². The van der Waals surface area contributed by atoms with Gasteiger partial charge in [-0.25, -0.2) is 4.98 Å². The maximum absolute atomic E-state index is 12.5. The van der Waals surface area contributed by atoms with Crippen molar-refractivity contribution in [1.82, 2.24) is 15.3 Å². The van der Waals surface area contributed by atoms with Crippen LogP contribution in [0.5, 0.6) is 0 Å². The van der Waals surface area contributed by atoms with Crippen LogP contribution in [0.4, 0.5) is 19.0 Å². The van der Waals surface area contributed by atoms with Gasteiger partial charge in [0.05, 0.1) is 18.8 Å². The van der Waals surface area contributed by atoms with E-state index in [-0.39, 0.29) is 12.1 Å². The van der Waals surface area contributed by atoms with Crippen molar-refractivity contribution in [2.24, 2.45) is 0 Å². The first-order chi connectivity index (χ1) is 12.4. The minimum Gasteiger partial charge on any atom is -0.378 e. The third kappa shape index (κ3) is 4.29. The molecule has 138 valence electrons. The minimum absolute atomic E-state index is 0.0646. The van der Waals surface area contributed by atoms with Gasteiger partial charge in [-0.05, 0) is 18.2 Å². The van der Waals surface area contributed by atoms with Gasteiger partial charge in [0.2, 0.25) is 0 Å². The summed E-state index contributed by atoms with van der Waals surface area (Å²) in [5.74, 6) is 0.268. The van der Waals surface area contributed by atoms with Gasteiger partial charge >= 0.3 is 6.18 Å². The molecule has 9 heteroatoms. The lowest BCUT2D eigenvalue weighted by molar-refractivity contribution is -0.141. The van der Waals surface area contributed by atoms with Gasteiger partial charge < -0.3 is 15.0 Å². The van der Waals surface area contributed by atoms with E-state index in [0.29, 0.717) is 26.3 Å². The van der Waals surface area contributed by atoms with Gasteiger partial charge in [0, 0.05) is 37.6 Å². The predicted molar refractivity (Wildman–Crippen MR) is 87.7 cm³/mol. The van der Waals surface area contributed by atoms with Crippen LogP contribution >= 0.6 is 0 Å². The molecule has 6 nitrogen and oxygen atoms in total. The number of amides is 1. The zero-order valence-electron chi connectivity index (χ0n) is 13.8. The Morgan fingerprint density at radius 3 is 2.62 bits per heavy atom. The van der Waals surface area contributed by atoms with E-state index in [1.165, 1.54) is 0 Å². The fourth-order valence-corrected chi connectivity index (χ4v) is 2.60. The fourth-order valence-electron chi connectivity index (χ4n) is 2.60. The second kappa shape index (κ2) is 7.69. The second-order valence-electron chi connectivity index (χ2n) is 5.70. The molecule has 2 aromatic heterocycles. The third-order valence-corrected chi connectivity index (χ3v) is 3.93. The molecule has 0 unspecified atom stereocenters. The number of carbonyl (C=O) groups is 1. The Bertz CT molecular complexity index is 759. The predicted octanol–water partition coefficient (Wildman–Crippen LogP) is 2.26. The number of alkyl halides is 3. The fraction of sp³-hybridized carbons (Fsp3) is 0.353. The van der Waals surface area contributed by atoms with Gasteiger partial charge in [-0.15, -0.1) is 0 Å². The standard InChI is InChI=1S/C17H17F3N4O2/c18-17(19,20)14-4-3-13(11-22-14)16(25)23-10-12-2-1-5-21-15(12)24-6-8-26-9-7-24/h1-5,11H,6-10H2,(H,23,25). The molecule has 0 aliphatic carbocycles. The van der Waals surface area contributed by atoms with Gasteiger partial charge in [0.1, 0.15) is 11.5 Å².